The molecule has 3 rings (SSSR count). The number of carbonyl (C=O) groups excluding carboxylic acids is 1. The summed E-state index contributed by atoms with van der Waals surface area (Å²) in [5.74, 6) is 1.30. The molecule has 1 fully saturated rings. The van der Waals surface area contributed by atoms with Crippen LogP contribution >= 0.6 is 15.9 Å². The minimum Gasteiger partial charge on any atom is -0.341 e. The minimum absolute atomic E-state index is 0.0663. The van der Waals surface area contributed by atoms with E-state index in [1.807, 2.05) is 36.1 Å². The molecule has 0 saturated carbocycles. The molecule has 1 atom stereocenters. The van der Waals surface area contributed by atoms with Crippen LogP contribution in [0.5, 0.6) is 0 Å². The number of amides is 1. The number of nitrogens with zero attached hydrogens (tertiary/aromatic N) is 5. The normalized spacial score (nSPS) is 17.3. The molecule has 0 N–H and O–H groups in total. The molecule has 1 aromatic heterocycles. The van der Waals surface area contributed by atoms with Gasteiger partial charge < -0.3 is 4.90 Å². The zero-order valence-corrected chi connectivity index (χ0v) is 14.9. The molecule has 0 spiro atoms. The number of hydrogen-bond donors (Lipinski definition) is 0. The first-order valence-corrected chi connectivity index (χ1v) is 8.68. The number of rotatable bonds is 3. The lowest BCUT2D eigenvalue weighted by Gasteiger charge is -2.31. The molecule has 23 heavy (non-hydrogen) atoms. The lowest BCUT2D eigenvalue weighted by Crippen LogP contribution is -2.41. The van der Waals surface area contributed by atoms with Crippen molar-refractivity contribution in [1.82, 2.24) is 25.1 Å². The van der Waals surface area contributed by atoms with Crippen LogP contribution in [-0.4, -0.2) is 44.1 Å². The average molecular weight is 378 g/mol. The van der Waals surface area contributed by atoms with Gasteiger partial charge in [-0.2, -0.15) is 4.80 Å². The van der Waals surface area contributed by atoms with Gasteiger partial charge in [0.15, 0.2) is 0 Å². The Balaban J connectivity index is 1.71. The first-order valence-electron chi connectivity index (χ1n) is 7.89. The zero-order valence-electron chi connectivity index (χ0n) is 13.3. The van der Waals surface area contributed by atoms with Crippen LogP contribution in [-0.2, 0) is 4.79 Å². The van der Waals surface area contributed by atoms with Crippen molar-refractivity contribution in [3.63, 3.8) is 0 Å². The highest BCUT2D eigenvalue weighted by Gasteiger charge is 2.27. The third-order valence-electron chi connectivity index (χ3n) is 4.33. The van der Waals surface area contributed by atoms with Crippen LogP contribution in [0.15, 0.2) is 28.7 Å². The Morgan fingerprint density at radius 3 is 2.57 bits per heavy atom. The Kier molecular flexibility index (Phi) is 4.75. The van der Waals surface area contributed by atoms with E-state index in [4.69, 9.17) is 0 Å². The van der Waals surface area contributed by atoms with E-state index in [1.54, 1.807) is 0 Å². The van der Waals surface area contributed by atoms with E-state index in [-0.39, 0.29) is 5.91 Å². The highest BCUT2D eigenvalue weighted by molar-refractivity contribution is 9.10. The maximum atomic E-state index is 12.6. The van der Waals surface area contributed by atoms with Crippen LogP contribution in [0.4, 0.5) is 0 Å². The Labute approximate surface area is 144 Å². The van der Waals surface area contributed by atoms with Crippen LogP contribution in [0.1, 0.15) is 32.7 Å². The van der Waals surface area contributed by atoms with Gasteiger partial charge >= 0.3 is 0 Å². The summed E-state index contributed by atoms with van der Waals surface area (Å²) in [6.07, 6.45) is 2.13. The Hall–Kier alpha value is -1.76. The third kappa shape index (κ3) is 3.60. The van der Waals surface area contributed by atoms with Crippen molar-refractivity contribution in [2.45, 2.75) is 32.7 Å². The Bertz CT molecular complexity index is 676. The largest absolute Gasteiger partial charge is 0.341 e. The summed E-state index contributed by atoms with van der Waals surface area (Å²) in [5, 5.41) is 12.5. The molecular weight excluding hydrogens is 358 g/mol. The molecule has 0 unspecified atom stereocenters. The van der Waals surface area contributed by atoms with E-state index in [9.17, 15) is 4.79 Å². The zero-order chi connectivity index (χ0) is 16.4. The van der Waals surface area contributed by atoms with Gasteiger partial charge in [0.05, 0.1) is 0 Å². The first-order chi connectivity index (χ1) is 11.0. The van der Waals surface area contributed by atoms with E-state index >= 15 is 0 Å². The number of benzene rings is 1. The molecule has 1 amide bonds. The van der Waals surface area contributed by atoms with Crippen LogP contribution < -0.4 is 0 Å². The lowest BCUT2D eigenvalue weighted by atomic mass is 9.99. The molecule has 0 aliphatic carbocycles. The van der Waals surface area contributed by atoms with Gasteiger partial charge in [0.25, 0.3) is 0 Å². The van der Waals surface area contributed by atoms with E-state index in [2.05, 4.69) is 38.3 Å². The van der Waals surface area contributed by atoms with E-state index in [0.717, 1.165) is 36.0 Å². The van der Waals surface area contributed by atoms with Crippen molar-refractivity contribution >= 4 is 21.8 Å². The highest BCUT2D eigenvalue weighted by atomic mass is 79.9. The van der Waals surface area contributed by atoms with Crippen LogP contribution in [0.2, 0.25) is 0 Å². The molecule has 0 bridgehead atoms. The number of aromatic nitrogens is 4. The molecule has 1 saturated heterocycles. The van der Waals surface area contributed by atoms with Crippen LogP contribution in [0, 0.1) is 5.92 Å². The van der Waals surface area contributed by atoms with Gasteiger partial charge in [0, 0.05) is 23.1 Å². The van der Waals surface area contributed by atoms with Crippen molar-refractivity contribution in [2.24, 2.45) is 5.92 Å². The summed E-state index contributed by atoms with van der Waals surface area (Å²) in [5.41, 5.74) is 0.880. The molecule has 1 aliphatic rings. The summed E-state index contributed by atoms with van der Waals surface area (Å²) in [6, 6.07) is 7.27. The summed E-state index contributed by atoms with van der Waals surface area (Å²) in [4.78, 5) is 15.9. The Morgan fingerprint density at radius 2 is 1.91 bits per heavy atom. The number of carbonyl (C=O) groups is 1. The third-order valence-corrected chi connectivity index (χ3v) is 4.86. The van der Waals surface area contributed by atoms with Gasteiger partial charge in [-0.25, -0.2) is 0 Å². The van der Waals surface area contributed by atoms with E-state index in [1.165, 1.54) is 4.80 Å². The van der Waals surface area contributed by atoms with Crippen molar-refractivity contribution in [3.05, 3.63) is 28.7 Å². The number of piperidine rings is 1. The topological polar surface area (TPSA) is 63.9 Å². The van der Waals surface area contributed by atoms with E-state index < -0.39 is 6.04 Å². The molecular formula is C16H20BrN5O. The van der Waals surface area contributed by atoms with Crippen molar-refractivity contribution in [3.8, 4) is 11.4 Å². The first kappa shape index (κ1) is 16.1. The average Bonchev–Trinajstić information content (AvgIpc) is 3.05. The van der Waals surface area contributed by atoms with Gasteiger partial charge in [-0.05, 0) is 55.2 Å². The van der Waals surface area contributed by atoms with Crippen molar-refractivity contribution < 1.29 is 4.79 Å². The SMILES string of the molecule is CC1CCN(C(=O)[C@@H](C)n2nnc(-c3ccc(Br)cc3)n2)CC1. The van der Waals surface area contributed by atoms with Gasteiger partial charge in [-0.15, -0.1) is 10.2 Å². The Morgan fingerprint density at radius 1 is 1.26 bits per heavy atom. The van der Waals surface area contributed by atoms with Crippen molar-refractivity contribution in [1.29, 1.82) is 0 Å². The monoisotopic (exact) mass is 377 g/mol. The molecule has 1 aromatic carbocycles. The molecule has 1 aliphatic heterocycles. The van der Waals surface area contributed by atoms with Crippen LogP contribution in [0.25, 0.3) is 11.4 Å². The molecule has 0 radical (unpaired) electrons. The highest BCUT2D eigenvalue weighted by Crippen LogP contribution is 2.21. The van der Waals surface area contributed by atoms with Gasteiger partial charge in [0.2, 0.25) is 11.7 Å². The summed E-state index contributed by atoms with van der Waals surface area (Å²) >= 11 is 3.40. The fourth-order valence-corrected chi connectivity index (χ4v) is 2.96. The predicted octanol–water partition coefficient (Wildman–Crippen LogP) is 2.92. The quantitative estimate of drug-likeness (QED) is 0.824. The van der Waals surface area contributed by atoms with Gasteiger partial charge in [-0.1, -0.05) is 22.9 Å². The molecule has 2 aromatic rings. The minimum atomic E-state index is -0.430. The molecule has 2 heterocycles. The standard InChI is InChI=1S/C16H20BrN5O/c1-11-7-9-21(10-8-11)16(23)12(2)22-19-15(18-20-22)13-3-5-14(17)6-4-13/h3-6,11-12H,7-10H2,1-2H3/t12-/m1/s1. The maximum Gasteiger partial charge on any atom is 0.249 e. The number of tetrazole rings is 1. The predicted molar refractivity (Wildman–Crippen MR) is 90.6 cm³/mol. The number of halogens is 1. The van der Waals surface area contributed by atoms with Gasteiger partial charge in [-0.3, -0.25) is 4.79 Å². The summed E-state index contributed by atoms with van der Waals surface area (Å²) in [7, 11) is 0. The van der Waals surface area contributed by atoms with Gasteiger partial charge in [0.1, 0.15) is 6.04 Å². The lowest BCUT2D eigenvalue weighted by molar-refractivity contribution is -0.136. The maximum absolute atomic E-state index is 12.6. The molecule has 122 valence electrons. The second-order valence-electron chi connectivity index (χ2n) is 6.12. The molecule has 7 heteroatoms. The van der Waals surface area contributed by atoms with E-state index in [0.29, 0.717) is 11.7 Å². The fraction of sp³-hybridized carbons (Fsp3) is 0.500. The number of hydrogen-bond acceptors (Lipinski definition) is 4. The number of likely N-dealkylation sites (tertiary alicyclic amines) is 1. The molecule has 6 nitrogen and oxygen atoms in total. The van der Waals surface area contributed by atoms with Crippen LogP contribution in [0.3, 0.4) is 0 Å². The smallest absolute Gasteiger partial charge is 0.249 e. The van der Waals surface area contributed by atoms with Crippen molar-refractivity contribution in [2.75, 3.05) is 13.1 Å². The summed E-state index contributed by atoms with van der Waals surface area (Å²) < 4.78 is 0.997. The summed E-state index contributed by atoms with van der Waals surface area (Å²) in [6.45, 7) is 5.69. The second-order valence-corrected chi connectivity index (χ2v) is 7.04. The second kappa shape index (κ2) is 6.78. The fourth-order valence-electron chi connectivity index (χ4n) is 2.70.